The Balaban J connectivity index is 0.000000541. The van der Waals surface area contributed by atoms with Crippen LogP contribution in [0.3, 0.4) is 0 Å². The first-order valence-corrected chi connectivity index (χ1v) is 8.38. The Morgan fingerprint density at radius 2 is 2.14 bits per heavy atom. The molecule has 8 nitrogen and oxygen atoms in total. The van der Waals surface area contributed by atoms with Gasteiger partial charge in [0.15, 0.2) is 5.13 Å². The smallest absolute Gasteiger partial charge is 0.511 e. The zero-order valence-electron chi connectivity index (χ0n) is 12.0. The molecule has 1 aromatic carbocycles. The molecule has 0 radical (unpaired) electrons. The number of fused-ring (bicyclic) bond motifs is 1. The van der Waals surface area contributed by atoms with E-state index in [1.54, 1.807) is 0 Å². The Labute approximate surface area is 132 Å². The van der Waals surface area contributed by atoms with E-state index in [0.29, 0.717) is 11.7 Å². The lowest BCUT2D eigenvalue weighted by atomic mass is 10.3. The number of ether oxygens (including phenoxy) is 2. The first-order valence-electron chi connectivity index (χ1n) is 6.26. The molecule has 0 saturated carbocycles. The Morgan fingerprint density at radius 3 is 2.73 bits per heavy atom. The normalized spacial score (nSPS) is 9.55. The molecular formula is C12H16N2O6SSi. The van der Waals surface area contributed by atoms with Gasteiger partial charge in [-0.2, -0.15) is 0 Å². The topological polar surface area (TPSA) is 118 Å². The van der Waals surface area contributed by atoms with Crippen molar-refractivity contribution in [2.24, 2.45) is 0 Å². The van der Waals surface area contributed by atoms with Gasteiger partial charge in [0, 0.05) is 0 Å². The second-order valence-corrected chi connectivity index (χ2v) is 5.49. The molecule has 0 bridgehead atoms. The Morgan fingerprint density at radius 1 is 1.45 bits per heavy atom. The van der Waals surface area contributed by atoms with Crippen molar-refractivity contribution in [3.05, 3.63) is 18.2 Å². The molecule has 1 amide bonds. The van der Waals surface area contributed by atoms with Gasteiger partial charge >= 0.3 is 15.3 Å². The predicted octanol–water partition coefficient (Wildman–Crippen LogP) is 1.65. The van der Waals surface area contributed by atoms with Crippen LogP contribution in [0.4, 0.5) is 9.93 Å². The van der Waals surface area contributed by atoms with Crippen molar-refractivity contribution in [2.45, 2.75) is 13.3 Å². The third-order valence-electron chi connectivity index (χ3n) is 2.23. The standard InChI is InChI=1S/C12H14N2O3S.H2O3Si/c1-3-6-17-8-4-5-9-10(7-8)18-11(13-9)14-12(15)16-2;1-4(2)3/h4-5,7H,3,6H2,1-2H3,(H,13,14,15);1-2H. The number of aromatic nitrogens is 1. The molecular weight excluding hydrogens is 328 g/mol. The van der Waals surface area contributed by atoms with Crippen LogP contribution in [0.2, 0.25) is 0 Å². The maximum atomic E-state index is 11.1. The summed E-state index contributed by atoms with van der Waals surface area (Å²) in [6.45, 7) is 2.75. The maximum Gasteiger partial charge on any atom is 0.761 e. The molecule has 0 aliphatic rings. The summed E-state index contributed by atoms with van der Waals surface area (Å²) in [6, 6.07) is 5.67. The molecule has 0 aliphatic heterocycles. The lowest BCUT2D eigenvalue weighted by Crippen LogP contribution is -2.10. The molecule has 1 heterocycles. The second kappa shape index (κ2) is 8.95. The zero-order valence-corrected chi connectivity index (χ0v) is 13.8. The van der Waals surface area contributed by atoms with Crippen LogP contribution >= 0.6 is 11.3 Å². The monoisotopic (exact) mass is 344 g/mol. The number of thiazole rings is 1. The first kappa shape index (κ1) is 17.8. The van der Waals surface area contributed by atoms with Crippen molar-refractivity contribution < 1.29 is 28.3 Å². The van der Waals surface area contributed by atoms with Crippen LogP contribution in [-0.4, -0.2) is 43.6 Å². The molecule has 2 rings (SSSR count). The number of anilines is 1. The van der Waals surface area contributed by atoms with Crippen LogP contribution in [0.25, 0.3) is 10.2 Å². The summed E-state index contributed by atoms with van der Waals surface area (Å²) >= 11 is 1.39. The van der Waals surface area contributed by atoms with Crippen molar-refractivity contribution in [2.75, 3.05) is 19.0 Å². The molecule has 120 valence electrons. The summed E-state index contributed by atoms with van der Waals surface area (Å²) in [7, 11) is -1.81. The van der Waals surface area contributed by atoms with Gasteiger partial charge in [-0.05, 0) is 24.6 Å². The van der Waals surface area contributed by atoms with Gasteiger partial charge in [0.05, 0.1) is 23.9 Å². The van der Waals surface area contributed by atoms with Crippen molar-refractivity contribution in [1.82, 2.24) is 4.98 Å². The minimum atomic E-state index is -3.13. The molecule has 2 aromatic rings. The highest BCUT2D eigenvalue weighted by molar-refractivity contribution is 7.22. The lowest BCUT2D eigenvalue weighted by Gasteiger charge is -2.02. The van der Waals surface area contributed by atoms with Gasteiger partial charge in [-0.15, -0.1) is 0 Å². The van der Waals surface area contributed by atoms with Crippen molar-refractivity contribution in [1.29, 1.82) is 0 Å². The quantitative estimate of drug-likeness (QED) is 0.722. The van der Waals surface area contributed by atoms with E-state index in [4.69, 9.17) is 18.8 Å². The fraction of sp³-hybridized carbons (Fsp3) is 0.333. The molecule has 3 N–H and O–H groups in total. The summed E-state index contributed by atoms with van der Waals surface area (Å²) in [4.78, 5) is 29.7. The fourth-order valence-electron chi connectivity index (χ4n) is 1.41. The van der Waals surface area contributed by atoms with Crippen molar-refractivity contribution >= 4 is 41.9 Å². The molecule has 0 saturated heterocycles. The van der Waals surface area contributed by atoms with E-state index < -0.39 is 15.3 Å². The molecule has 0 spiro atoms. The van der Waals surface area contributed by atoms with Crippen LogP contribution < -0.4 is 10.1 Å². The molecule has 0 atom stereocenters. The Hall–Kier alpha value is -2.20. The molecule has 22 heavy (non-hydrogen) atoms. The Bertz CT molecular complexity index is 644. The van der Waals surface area contributed by atoms with Crippen LogP contribution in [0.1, 0.15) is 13.3 Å². The van der Waals surface area contributed by atoms with E-state index in [9.17, 15) is 4.79 Å². The second-order valence-electron chi connectivity index (χ2n) is 3.90. The SMILES string of the molecule is CCCOc1ccc2nc(NC(=O)OC)sc2c1.O=[Si](O)O. The summed E-state index contributed by atoms with van der Waals surface area (Å²) in [5, 5.41) is 3.07. The number of nitrogens with one attached hydrogen (secondary N) is 1. The highest BCUT2D eigenvalue weighted by Crippen LogP contribution is 2.29. The number of rotatable bonds is 4. The van der Waals surface area contributed by atoms with Crippen molar-refractivity contribution in [3.63, 3.8) is 0 Å². The number of benzene rings is 1. The number of hydrogen-bond acceptors (Lipinski definition) is 6. The van der Waals surface area contributed by atoms with Gasteiger partial charge in [-0.25, -0.2) is 9.78 Å². The van der Waals surface area contributed by atoms with E-state index in [-0.39, 0.29) is 0 Å². The number of nitrogens with zero attached hydrogens (tertiary/aromatic N) is 1. The largest absolute Gasteiger partial charge is 0.761 e. The van der Waals surface area contributed by atoms with Gasteiger partial charge in [-0.3, -0.25) is 9.78 Å². The van der Waals surface area contributed by atoms with Gasteiger partial charge in [-0.1, -0.05) is 18.3 Å². The zero-order chi connectivity index (χ0) is 16.5. The van der Waals surface area contributed by atoms with E-state index in [0.717, 1.165) is 22.4 Å². The number of amides is 1. The van der Waals surface area contributed by atoms with E-state index in [1.165, 1.54) is 18.4 Å². The highest BCUT2D eigenvalue weighted by atomic mass is 32.1. The molecule has 0 aliphatic carbocycles. The van der Waals surface area contributed by atoms with Gasteiger partial charge < -0.3 is 19.1 Å². The third-order valence-corrected chi connectivity index (χ3v) is 3.16. The number of hydrogen-bond donors (Lipinski definition) is 3. The van der Waals surface area contributed by atoms with Gasteiger partial charge in [0.2, 0.25) is 0 Å². The first-order chi connectivity index (χ1) is 10.5. The van der Waals surface area contributed by atoms with E-state index in [1.807, 2.05) is 18.2 Å². The molecule has 0 unspecified atom stereocenters. The molecule has 1 aromatic heterocycles. The number of methoxy groups -OCH3 is 1. The lowest BCUT2D eigenvalue weighted by molar-refractivity contribution is 0.187. The molecule has 10 heteroatoms. The summed E-state index contributed by atoms with van der Waals surface area (Å²) in [5.74, 6) is 0.817. The number of carbonyl (C=O) groups is 1. The minimum Gasteiger partial charge on any atom is -0.511 e. The van der Waals surface area contributed by atoms with Crippen LogP contribution in [-0.2, 0) is 9.20 Å². The summed E-state index contributed by atoms with van der Waals surface area (Å²) in [5.41, 5.74) is 0.829. The fourth-order valence-corrected chi connectivity index (χ4v) is 2.29. The van der Waals surface area contributed by atoms with Crippen LogP contribution in [0.15, 0.2) is 18.2 Å². The minimum absolute atomic E-state index is 0.517. The van der Waals surface area contributed by atoms with E-state index in [2.05, 4.69) is 22.0 Å². The average Bonchev–Trinajstić information content (AvgIpc) is 2.85. The van der Waals surface area contributed by atoms with Crippen LogP contribution in [0.5, 0.6) is 5.75 Å². The number of carbonyl (C=O) groups excluding carboxylic acids is 1. The summed E-state index contributed by atoms with van der Waals surface area (Å²) in [6.07, 6.45) is 0.451. The average molecular weight is 344 g/mol. The Kier molecular flexibility index (Phi) is 7.26. The maximum absolute atomic E-state index is 11.1. The summed E-state index contributed by atoms with van der Waals surface area (Å²) < 4.78 is 19.8. The van der Waals surface area contributed by atoms with Gasteiger partial charge in [0.25, 0.3) is 0 Å². The molecule has 0 fully saturated rings. The van der Waals surface area contributed by atoms with Crippen LogP contribution in [0, 0.1) is 0 Å². The van der Waals surface area contributed by atoms with E-state index >= 15 is 0 Å². The van der Waals surface area contributed by atoms with Crippen molar-refractivity contribution in [3.8, 4) is 5.75 Å². The predicted molar refractivity (Wildman–Crippen MR) is 82.3 cm³/mol. The highest BCUT2D eigenvalue weighted by Gasteiger charge is 2.08. The third kappa shape index (κ3) is 6.05. The van der Waals surface area contributed by atoms with Gasteiger partial charge in [0.1, 0.15) is 5.75 Å².